The van der Waals surface area contributed by atoms with Gasteiger partial charge in [-0.25, -0.2) is 0 Å². The molecule has 0 bridgehead atoms. The third kappa shape index (κ3) is 7.51. The Morgan fingerprint density at radius 1 is 0.643 bits per heavy atom. The summed E-state index contributed by atoms with van der Waals surface area (Å²) in [5.41, 5.74) is 0. The first-order valence-electron chi connectivity index (χ1n) is 8.49. The maximum Gasteiger partial charge on any atom is 0.305 e. The molecule has 0 aromatic carbocycles. The molecular weight excluding hydrogens is 380 g/mol. The lowest BCUT2D eigenvalue weighted by atomic mass is 9.96. The van der Waals surface area contributed by atoms with E-state index >= 15 is 0 Å². The van der Waals surface area contributed by atoms with Crippen LogP contribution in [-0.4, -0.2) is 67.2 Å². The molecule has 1 aliphatic heterocycles. The van der Waals surface area contributed by atoms with Gasteiger partial charge in [-0.3, -0.25) is 24.0 Å². The summed E-state index contributed by atoms with van der Waals surface area (Å²) in [6.45, 7) is 5.57. The lowest BCUT2D eigenvalue weighted by Gasteiger charge is -2.43. The molecule has 11 heteroatoms. The molecule has 1 rings (SSSR count). The fourth-order valence-corrected chi connectivity index (χ4v) is 2.66. The molecule has 0 unspecified atom stereocenters. The van der Waals surface area contributed by atoms with Crippen LogP contribution >= 0.6 is 0 Å². The SMILES string of the molecule is CC(=O)OCC[C@H]1O[C@H](OC(C)=O)[C@@H](OC(C)=O)[C@@H](OC(C)=O)[C@@H]1OC(C)=O. The summed E-state index contributed by atoms with van der Waals surface area (Å²) in [6, 6.07) is 0. The molecule has 1 heterocycles. The van der Waals surface area contributed by atoms with Gasteiger partial charge < -0.3 is 28.4 Å². The van der Waals surface area contributed by atoms with E-state index in [1.54, 1.807) is 0 Å². The van der Waals surface area contributed by atoms with Gasteiger partial charge in [-0.15, -0.1) is 0 Å². The van der Waals surface area contributed by atoms with Gasteiger partial charge in [0.05, 0.1) is 6.61 Å². The number of hydrogen-bond donors (Lipinski definition) is 0. The maximum absolute atomic E-state index is 11.6. The molecule has 0 aliphatic carbocycles. The summed E-state index contributed by atoms with van der Waals surface area (Å²) in [5.74, 6) is -3.50. The highest BCUT2D eigenvalue weighted by Gasteiger charge is 2.53. The van der Waals surface area contributed by atoms with Gasteiger partial charge in [0.15, 0.2) is 12.2 Å². The van der Waals surface area contributed by atoms with Gasteiger partial charge in [0.1, 0.15) is 6.10 Å². The van der Waals surface area contributed by atoms with Crippen LogP contribution in [0.2, 0.25) is 0 Å². The van der Waals surface area contributed by atoms with Crippen LogP contribution in [0.4, 0.5) is 0 Å². The average molecular weight is 404 g/mol. The topological polar surface area (TPSA) is 141 Å². The minimum atomic E-state index is -1.43. The lowest BCUT2D eigenvalue weighted by Crippen LogP contribution is -2.62. The highest BCUT2D eigenvalue weighted by molar-refractivity contribution is 5.69. The van der Waals surface area contributed by atoms with Crippen LogP contribution in [0.3, 0.4) is 0 Å². The zero-order chi connectivity index (χ0) is 21.4. The monoisotopic (exact) mass is 404 g/mol. The van der Waals surface area contributed by atoms with Gasteiger partial charge in [0, 0.05) is 41.0 Å². The third-order valence-electron chi connectivity index (χ3n) is 3.49. The fourth-order valence-electron chi connectivity index (χ4n) is 2.66. The molecular formula is C17H24O11. The second-order valence-electron chi connectivity index (χ2n) is 6.00. The van der Waals surface area contributed by atoms with E-state index in [0.717, 1.165) is 27.7 Å². The number of hydrogen-bond acceptors (Lipinski definition) is 11. The van der Waals surface area contributed by atoms with Crippen LogP contribution in [0.25, 0.3) is 0 Å². The Balaban J connectivity index is 3.24. The van der Waals surface area contributed by atoms with Crippen molar-refractivity contribution >= 4 is 29.8 Å². The summed E-state index contributed by atoms with van der Waals surface area (Å²) in [4.78, 5) is 57.1. The number of ether oxygens (including phenoxy) is 6. The van der Waals surface area contributed by atoms with Crippen LogP contribution in [0.5, 0.6) is 0 Å². The second-order valence-corrected chi connectivity index (χ2v) is 6.00. The zero-order valence-corrected chi connectivity index (χ0v) is 16.3. The van der Waals surface area contributed by atoms with Gasteiger partial charge >= 0.3 is 29.8 Å². The van der Waals surface area contributed by atoms with Crippen molar-refractivity contribution in [2.45, 2.75) is 71.7 Å². The minimum absolute atomic E-state index is 0.0276. The van der Waals surface area contributed by atoms with Gasteiger partial charge in [-0.1, -0.05) is 0 Å². The minimum Gasteiger partial charge on any atom is -0.466 e. The Morgan fingerprint density at radius 2 is 1.11 bits per heavy atom. The molecule has 1 fully saturated rings. The van der Waals surface area contributed by atoms with Crippen molar-refractivity contribution in [1.29, 1.82) is 0 Å². The molecule has 28 heavy (non-hydrogen) atoms. The van der Waals surface area contributed by atoms with Crippen LogP contribution in [-0.2, 0) is 52.4 Å². The van der Waals surface area contributed by atoms with Crippen molar-refractivity contribution in [1.82, 2.24) is 0 Å². The summed E-state index contributed by atoms with van der Waals surface area (Å²) in [7, 11) is 0. The molecule has 0 aromatic heterocycles. The fraction of sp³-hybridized carbons (Fsp3) is 0.706. The van der Waals surface area contributed by atoms with Crippen LogP contribution < -0.4 is 0 Å². The summed E-state index contributed by atoms with van der Waals surface area (Å²) >= 11 is 0. The largest absolute Gasteiger partial charge is 0.466 e. The summed E-state index contributed by atoms with van der Waals surface area (Å²) in [6.07, 6.45) is -6.28. The molecule has 5 atom stereocenters. The molecule has 0 aromatic rings. The zero-order valence-electron chi connectivity index (χ0n) is 16.3. The third-order valence-corrected chi connectivity index (χ3v) is 3.49. The van der Waals surface area contributed by atoms with Crippen molar-refractivity contribution in [2.75, 3.05) is 6.61 Å². The molecule has 0 N–H and O–H groups in total. The Morgan fingerprint density at radius 3 is 1.57 bits per heavy atom. The van der Waals surface area contributed by atoms with E-state index in [9.17, 15) is 24.0 Å². The first-order valence-corrected chi connectivity index (χ1v) is 8.49. The Labute approximate surface area is 161 Å². The Kier molecular flexibility index (Phi) is 8.83. The van der Waals surface area contributed by atoms with Gasteiger partial charge in [0.2, 0.25) is 12.4 Å². The number of rotatable bonds is 7. The first-order chi connectivity index (χ1) is 13.0. The molecule has 11 nitrogen and oxygen atoms in total. The molecule has 0 saturated carbocycles. The van der Waals surface area contributed by atoms with Gasteiger partial charge in [-0.05, 0) is 0 Å². The summed E-state index contributed by atoms with van der Waals surface area (Å²) in [5, 5.41) is 0. The van der Waals surface area contributed by atoms with Crippen LogP contribution in [0, 0.1) is 0 Å². The number of esters is 5. The number of carbonyl (C=O) groups excluding carboxylic acids is 5. The lowest BCUT2D eigenvalue weighted by molar-refractivity contribution is -0.297. The smallest absolute Gasteiger partial charge is 0.305 e. The average Bonchev–Trinajstić information content (AvgIpc) is 2.51. The van der Waals surface area contributed by atoms with Crippen molar-refractivity contribution in [3.05, 3.63) is 0 Å². The van der Waals surface area contributed by atoms with Crippen LogP contribution in [0.1, 0.15) is 41.0 Å². The van der Waals surface area contributed by atoms with E-state index in [1.165, 1.54) is 6.92 Å². The van der Waals surface area contributed by atoms with Crippen molar-refractivity contribution in [3.8, 4) is 0 Å². The highest BCUT2D eigenvalue weighted by atomic mass is 16.7. The van der Waals surface area contributed by atoms with E-state index in [0.29, 0.717) is 0 Å². The molecule has 158 valence electrons. The van der Waals surface area contributed by atoms with E-state index in [-0.39, 0.29) is 13.0 Å². The predicted octanol–water partition coefficient (Wildman–Crippen LogP) is 0.0227. The quantitative estimate of drug-likeness (QED) is 0.419. The Bertz CT molecular complexity index is 614. The number of carbonyl (C=O) groups is 5. The van der Waals surface area contributed by atoms with Gasteiger partial charge in [-0.2, -0.15) is 0 Å². The molecule has 0 amide bonds. The molecule has 1 saturated heterocycles. The van der Waals surface area contributed by atoms with Crippen molar-refractivity contribution in [2.24, 2.45) is 0 Å². The van der Waals surface area contributed by atoms with Crippen LogP contribution in [0.15, 0.2) is 0 Å². The standard InChI is InChI=1S/C17H24O11/c1-8(18)23-7-6-13-14(24-9(2)19)15(25-10(3)20)16(26-11(4)21)17(28-13)27-12(5)22/h13-17H,6-7H2,1-5H3/t13-,14-,15+,16+,17+/m1/s1. The summed E-state index contributed by atoms with van der Waals surface area (Å²) < 4.78 is 31.1. The van der Waals surface area contributed by atoms with Crippen molar-refractivity contribution in [3.63, 3.8) is 0 Å². The predicted molar refractivity (Wildman–Crippen MR) is 88.3 cm³/mol. The first kappa shape index (κ1) is 23.3. The normalized spacial score (nSPS) is 26.5. The second kappa shape index (κ2) is 10.6. The van der Waals surface area contributed by atoms with E-state index < -0.39 is 60.6 Å². The van der Waals surface area contributed by atoms with E-state index in [2.05, 4.69) is 0 Å². The molecule has 0 spiro atoms. The van der Waals surface area contributed by atoms with E-state index in [4.69, 9.17) is 28.4 Å². The maximum atomic E-state index is 11.6. The Hall–Kier alpha value is -2.69. The molecule has 0 radical (unpaired) electrons. The van der Waals surface area contributed by atoms with E-state index in [1.807, 2.05) is 0 Å². The van der Waals surface area contributed by atoms with Gasteiger partial charge in [0.25, 0.3) is 0 Å². The van der Waals surface area contributed by atoms with Crippen molar-refractivity contribution < 1.29 is 52.4 Å². The highest BCUT2D eigenvalue weighted by Crippen LogP contribution is 2.31. The molecule has 1 aliphatic rings.